The zero-order chi connectivity index (χ0) is 12.3. The maximum Gasteiger partial charge on any atom is 0.0603 e. The Labute approximate surface area is 103 Å². The first-order valence-corrected chi connectivity index (χ1v) is 5.78. The van der Waals surface area contributed by atoms with E-state index in [2.05, 4.69) is 49.2 Å². The summed E-state index contributed by atoms with van der Waals surface area (Å²) in [4.78, 5) is 2.18. The molecular weight excluding hydrogens is 208 g/mol. The number of anilines is 2. The number of nitrogen functional groups attached to an aromatic ring is 1. The van der Waals surface area contributed by atoms with Crippen LogP contribution >= 0.6 is 0 Å². The average Bonchev–Trinajstić information content (AvgIpc) is 2.33. The summed E-state index contributed by atoms with van der Waals surface area (Å²) in [6.07, 6.45) is 0. The van der Waals surface area contributed by atoms with Crippen LogP contribution in [0.15, 0.2) is 48.5 Å². The van der Waals surface area contributed by atoms with Crippen LogP contribution in [0.1, 0.15) is 11.1 Å². The summed E-state index contributed by atoms with van der Waals surface area (Å²) >= 11 is 0. The third-order valence-corrected chi connectivity index (χ3v) is 2.86. The smallest absolute Gasteiger partial charge is 0.0603 e. The molecule has 0 aliphatic heterocycles. The second kappa shape index (κ2) is 4.91. The molecule has 0 saturated heterocycles. The van der Waals surface area contributed by atoms with E-state index in [0.717, 1.165) is 17.9 Å². The fourth-order valence-corrected chi connectivity index (χ4v) is 1.93. The number of hydrogen-bond donors (Lipinski definition) is 1. The molecule has 0 spiro atoms. The van der Waals surface area contributed by atoms with Gasteiger partial charge in [0.15, 0.2) is 0 Å². The monoisotopic (exact) mass is 226 g/mol. The Morgan fingerprint density at radius 1 is 1.06 bits per heavy atom. The third-order valence-electron chi connectivity index (χ3n) is 2.86. The minimum Gasteiger partial charge on any atom is -0.397 e. The number of aryl methyl sites for hydroxylation is 1. The van der Waals surface area contributed by atoms with Crippen LogP contribution in [0.4, 0.5) is 11.4 Å². The van der Waals surface area contributed by atoms with Crippen molar-refractivity contribution in [2.75, 3.05) is 17.7 Å². The molecular formula is C15H18N2. The van der Waals surface area contributed by atoms with E-state index in [-0.39, 0.29) is 0 Å². The van der Waals surface area contributed by atoms with Gasteiger partial charge in [0.2, 0.25) is 0 Å². The van der Waals surface area contributed by atoms with Crippen LogP contribution in [0.5, 0.6) is 0 Å². The number of hydrogen-bond acceptors (Lipinski definition) is 2. The van der Waals surface area contributed by atoms with Crippen molar-refractivity contribution >= 4 is 11.4 Å². The van der Waals surface area contributed by atoms with Crippen LogP contribution in [0, 0.1) is 6.92 Å². The molecule has 2 rings (SSSR count). The molecule has 2 nitrogen and oxygen atoms in total. The van der Waals surface area contributed by atoms with Gasteiger partial charge in [-0.3, -0.25) is 0 Å². The molecule has 0 aliphatic carbocycles. The molecule has 2 aromatic carbocycles. The highest BCUT2D eigenvalue weighted by Gasteiger charge is 2.05. The minimum absolute atomic E-state index is 0.828. The summed E-state index contributed by atoms with van der Waals surface area (Å²) in [7, 11) is 2.07. The maximum absolute atomic E-state index is 6.00. The lowest BCUT2D eigenvalue weighted by Crippen LogP contribution is -2.17. The molecule has 0 unspecified atom stereocenters. The molecule has 2 heteroatoms. The van der Waals surface area contributed by atoms with Gasteiger partial charge in [0.05, 0.1) is 11.4 Å². The van der Waals surface area contributed by atoms with Crippen molar-refractivity contribution in [3.05, 3.63) is 59.7 Å². The van der Waals surface area contributed by atoms with Crippen molar-refractivity contribution in [3.63, 3.8) is 0 Å². The average molecular weight is 226 g/mol. The summed E-state index contributed by atoms with van der Waals surface area (Å²) < 4.78 is 0. The summed E-state index contributed by atoms with van der Waals surface area (Å²) in [6.45, 7) is 2.95. The molecule has 0 bridgehead atoms. The highest BCUT2D eigenvalue weighted by atomic mass is 15.1. The fourth-order valence-electron chi connectivity index (χ4n) is 1.93. The number of benzene rings is 2. The summed E-state index contributed by atoms with van der Waals surface area (Å²) in [6, 6.07) is 16.5. The molecule has 0 saturated carbocycles. The Bertz CT molecular complexity index is 492. The molecule has 0 aliphatic rings. The van der Waals surface area contributed by atoms with Gasteiger partial charge in [-0.2, -0.15) is 0 Å². The quantitative estimate of drug-likeness (QED) is 0.814. The van der Waals surface area contributed by atoms with Crippen molar-refractivity contribution < 1.29 is 0 Å². The molecule has 2 N–H and O–H groups in total. The van der Waals surface area contributed by atoms with Crippen LogP contribution < -0.4 is 10.6 Å². The second-order valence-electron chi connectivity index (χ2n) is 4.40. The molecule has 0 aromatic heterocycles. The van der Waals surface area contributed by atoms with Crippen molar-refractivity contribution in [1.29, 1.82) is 0 Å². The molecule has 2 aromatic rings. The van der Waals surface area contributed by atoms with Crippen LogP contribution in [0.3, 0.4) is 0 Å². The van der Waals surface area contributed by atoms with Gasteiger partial charge >= 0.3 is 0 Å². The zero-order valence-corrected chi connectivity index (χ0v) is 10.4. The molecule has 0 amide bonds. The second-order valence-corrected chi connectivity index (χ2v) is 4.40. The van der Waals surface area contributed by atoms with Gasteiger partial charge in [0.1, 0.15) is 0 Å². The van der Waals surface area contributed by atoms with Gasteiger partial charge in [-0.25, -0.2) is 0 Å². The van der Waals surface area contributed by atoms with E-state index in [1.807, 2.05) is 18.2 Å². The predicted octanol–water partition coefficient (Wildman–Crippen LogP) is 3.21. The van der Waals surface area contributed by atoms with Crippen molar-refractivity contribution in [2.24, 2.45) is 0 Å². The first-order valence-electron chi connectivity index (χ1n) is 5.78. The van der Waals surface area contributed by atoms with E-state index in [4.69, 9.17) is 5.73 Å². The first kappa shape index (κ1) is 11.5. The van der Waals surface area contributed by atoms with Crippen LogP contribution in [-0.4, -0.2) is 7.05 Å². The highest BCUT2D eigenvalue weighted by molar-refractivity contribution is 5.68. The van der Waals surface area contributed by atoms with E-state index < -0.39 is 0 Å². The molecule has 0 fully saturated rings. The normalized spacial score (nSPS) is 10.2. The van der Waals surface area contributed by atoms with Crippen LogP contribution in [-0.2, 0) is 6.54 Å². The van der Waals surface area contributed by atoms with Gasteiger partial charge in [-0.1, -0.05) is 36.4 Å². The predicted molar refractivity (Wildman–Crippen MR) is 74.1 cm³/mol. The summed E-state index contributed by atoms with van der Waals surface area (Å²) in [5.74, 6) is 0. The van der Waals surface area contributed by atoms with Gasteiger partial charge in [-0.15, -0.1) is 0 Å². The lowest BCUT2D eigenvalue weighted by Gasteiger charge is -2.21. The van der Waals surface area contributed by atoms with E-state index in [9.17, 15) is 0 Å². The van der Waals surface area contributed by atoms with Crippen LogP contribution in [0.25, 0.3) is 0 Å². The Hall–Kier alpha value is -1.96. The molecule has 0 radical (unpaired) electrons. The van der Waals surface area contributed by atoms with Gasteiger partial charge < -0.3 is 10.6 Å². The molecule has 0 heterocycles. The van der Waals surface area contributed by atoms with E-state index in [0.29, 0.717) is 0 Å². The Morgan fingerprint density at radius 2 is 1.76 bits per heavy atom. The number of nitrogens with two attached hydrogens (primary N) is 1. The Morgan fingerprint density at radius 3 is 2.47 bits per heavy atom. The lowest BCUT2D eigenvalue weighted by atomic mass is 10.1. The summed E-state index contributed by atoms with van der Waals surface area (Å²) in [5, 5.41) is 0. The SMILES string of the molecule is Cc1ccc(N)c(N(C)Cc2ccccc2)c1. The number of rotatable bonds is 3. The third kappa shape index (κ3) is 2.78. The van der Waals surface area contributed by atoms with E-state index >= 15 is 0 Å². The molecule has 17 heavy (non-hydrogen) atoms. The van der Waals surface area contributed by atoms with Gasteiger partial charge in [0.25, 0.3) is 0 Å². The van der Waals surface area contributed by atoms with E-state index in [1.165, 1.54) is 11.1 Å². The van der Waals surface area contributed by atoms with Gasteiger partial charge in [-0.05, 0) is 30.2 Å². The first-order chi connectivity index (χ1) is 8.16. The lowest BCUT2D eigenvalue weighted by molar-refractivity contribution is 0.924. The maximum atomic E-state index is 6.00. The van der Waals surface area contributed by atoms with E-state index in [1.54, 1.807) is 0 Å². The Balaban J connectivity index is 2.20. The molecule has 88 valence electrons. The Kier molecular flexibility index (Phi) is 3.33. The zero-order valence-electron chi connectivity index (χ0n) is 10.4. The van der Waals surface area contributed by atoms with Crippen molar-refractivity contribution in [2.45, 2.75) is 13.5 Å². The van der Waals surface area contributed by atoms with Crippen molar-refractivity contribution in [3.8, 4) is 0 Å². The van der Waals surface area contributed by atoms with Gasteiger partial charge in [0, 0.05) is 13.6 Å². The topological polar surface area (TPSA) is 29.3 Å². The number of nitrogens with zero attached hydrogens (tertiary/aromatic N) is 1. The van der Waals surface area contributed by atoms with Crippen LogP contribution in [0.2, 0.25) is 0 Å². The fraction of sp³-hybridized carbons (Fsp3) is 0.200. The highest BCUT2D eigenvalue weighted by Crippen LogP contribution is 2.24. The van der Waals surface area contributed by atoms with Crippen molar-refractivity contribution in [1.82, 2.24) is 0 Å². The molecule has 0 atom stereocenters. The summed E-state index contributed by atoms with van der Waals surface area (Å²) in [5.41, 5.74) is 10.4. The minimum atomic E-state index is 0.828. The standard InChI is InChI=1S/C15H18N2/c1-12-8-9-14(16)15(10-12)17(2)11-13-6-4-3-5-7-13/h3-10H,11,16H2,1-2H3. The largest absolute Gasteiger partial charge is 0.397 e.